The third-order valence-corrected chi connectivity index (χ3v) is 3.35. The van der Waals surface area contributed by atoms with E-state index in [0.717, 1.165) is 23.2 Å². The molecule has 1 aromatic heterocycles. The highest BCUT2D eigenvalue weighted by Crippen LogP contribution is 2.36. The standard InChI is InChI=1S/C11H17N3/c1-7-5-11(8(7)2)14-10-3-4-13-6-9(10)12/h3-4,6-8,11H,5,12H2,1-2H3,(H,13,14). The Bertz CT molecular complexity index is 324. The maximum Gasteiger partial charge on any atom is 0.0736 e. The van der Waals surface area contributed by atoms with E-state index in [-0.39, 0.29) is 0 Å². The zero-order valence-electron chi connectivity index (χ0n) is 8.70. The Morgan fingerprint density at radius 3 is 2.86 bits per heavy atom. The molecule has 1 fully saturated rings. The Hall–Kier alpha value is -1.25. The maximum atomic E-state index is 5.80. The molecule has 1 aliphatic carbocycles. The van der Waals surface area contributed by atoms with E-state index in [2.05, 4.69) is 24.1 Å². The van der Waals surface area contributed by atoms with E-state index in [1.54, 1.807) is 12.4 Å². The lowest BCUT2D eigenvalue weighted by atomic mass is 9.71. The first-order valence-electron chi connectivity index (χ1n) is 5.14. The van der Waals surface area contributed by atoms with Crippen molar-refractivity contribution in [1.29, 1.82) is 0 Å². The molecule has 1 heterocycles. The molecule has 0 saturated heterocycles. The van der Waals surface area contributed by atoms with Gasteiger partial charge in [-0.25, -0.2) is 0 Å². The van der Waals surface area contributed by atoms with Crippen molar-refractivity contribution in [1.82, 2.24) is 4.98 Å². The summed E-state index contributed by atoms with van der Waals surface area (Å²) in [7, 11) is 0. The van der Waals surface area contributed by atoms with Gasteiger partial charge in [0.15, 0.2) is 0 Å². The third kappa shape index (κ3) is 1.54. The van der Waals surface area contributed by atoms with Crippen molar-refractivity contribution in [3.8, 4) is 0 Å². The molecule has 0 aromatic carbocycles. The number of nitrogens with one attached hydrogen (secondary N) is 1. The molecular weight excluding hydrogens is 174 g/mol. The van der Waals surface area contributed by atoms with Gasteiger partial charge in [-0.15, -0.1) is 0 Å². The normalized spacial score (nSPS) is 30.9. The van der Waals surface area contributed by atoms with E-state index < -0.39 is 0 Å². The lowest BCUT2D eigenvalue weighted by Gasteiger charge is -2.42. The van der Waals surface area contributed by atoms with Crippen LogP contribution >= 0.6 is 0 Å². The van der Waals surface area contributed by atoms with Crippen LogP contribution in [0.1, 0.15) is 20.3 Å². The second-order valence-electron chi connectivity index (χ2n) is 4.29. The van der Waals surface area contributed by atoms with Crippen molar-refractivity contribution in [3.05, 3.63) is 18.5 Å². The predicted octanol–water partition coefficient (Wildman–Crippen LogP) is 2.12. The summed E-state index contributed by atoms with van der Waals surface area (Å²) in [5.41, 5.74) is 7.56. The van der Waals surface area contributed by atoms with Gasteiger partial charge in [-0.05, 0) is 24.3 Å². The Labute approximate surface area is 84.7 Å². The minimum atomic E-state index is 0.578. The van der Waals surface area contributed by atoms with Crippen molar-refractivity contribution < 1.29 is 0 Å². The first-order valence-corrected chi connectivity index (χ1v) is 5.14. The summed E-state index contributed by atoms with van der Waals surface area (Å²) in [5, 5.41) is 3.46. The maximum absolute atomic E-state index is 5.80. The van der Waals surface area contributed by atoms with Gasteiger partial charge in [0.1, 0.15) is 0 Å². The number of rotatable bonds is 2. The van der Waals surface area contributed by atoms with Crippen molar-refractivity contribution in [2.75, 3.05) is 11.1 Å². The molecule has 1 aliphatic rings. The van der Waals surface area contributed by atoms with Gasteiger partial charge in [0.05, 0.1) is 17.6 Å². The average Bonchev–Trinajstić information content (AvgIpc) is 2.20. The van der Waals surface area contributed by atoms with Gasteiger partial charge in [-0.1, -0.05) is 13.8 Å². The summed E-state index contributed by atoms with van der Waals surface area (Å²) in [5.74, 6) is 1.57. The molecule has 1 saturated carbocycles. The SMILES string of the molecule is CC1CC(Nc2ccncc2N)C1C. The van der Waals surface area contributed by atoms with Crippen LogP contribution in [0.15, 0.2) is 18.5 Å². The van der Waals surface area contributed by atoms with E-state index in [1.807, 2.05) is 6.07 Å². The van der Waals surface area contributed by atoms with Gasteiger partial charge < -0.3 is 11.1 Å². The summed E-state index contributed by atoms with van der Waals surface area (Å²) in [4.78, 5) is 3.97. The number of hydrogen-bond acceptors (Lipinski definition) is 3. The highest BCUT2D eigenvalue weighted by Gasteiger charge is 2.34. The number of aromatic nitrogens is 1. The highest BCUT2D eigenvalue weighted by molar-refractivity contribution is 5.64. The van der Waals surface area contributed by atoms with Crippen LogP contribution in [-0.4, -0.2) is 11.0 Å². The van der Waals surface area contributed by atoms with E-state index >= 15 is 0 Å². The van der Waals surface area contributed by atoms with Gasteiger partial charge in [0.2, 0.25) is 0 Å². The lowest BCUT2D eigenvalue weighted by Crippen LogP contribution is -2.43. The smallest absolute Gasteiger partial charge is 0.0736 e. The number of hydrogen-bond donors (Lipinski definition) is 2. The molecule has 3 unspecified atom stereocenters. The molecular formula is C11H17N3. The molecule has 3 N–H and O–H groups in total. The van der Waals surface area contributed by atoms with E-state index in [9.17, 15) is 0 Å². The van der Waals surface area contributed by atoms with Crippen molar-refractivity contribution >= 4 is 11.4 Å². The van der Waals surface area contributed by atoms with Gasteiger partial charge >= 0.3 is 0 Å². The Morgan fingerprint density at radius 2 is 2.29 bits per heavy atom. The Kier molecular flexibility index (Phi) is 2.32. The summed E-state index contributed by atoms with van der Waals surface area (Å²) < 4.78 is 0. The zero-order valence-corrected chi connectivity index (χ0v) is 8.70. The summed E-state index contributed by atoms with van der Waals surface area (Å²) in [6.45, 7) is 4.57. The fourth-order valence-electron chi connectivity index (χ4n) is 1.96. The molecule has 0 amide bonds. The topological polar surface area (TPSA) is 50.9 Å². The minimum absolute atomic E-state index is 0.578. The van der Waals surface area contributed by atoms with Crippen LogP contribution in [0.5, 0.6) is 0 Å². The van der Waals surface area contributed by atoms with Crippen LogP contribution in [0.4, 0.5) is 11.4 Å². The molecule has 2 rings (SSSR count). The molecule has 0 bridgehead atoms. The largest absolute Gasteiger partial charge is 0.396 e. The summed E-state index contributed by atoms with van der Waals surface area (Å²) >= 11 is 0. The first-order chi connectivity index (χ1) is 6.68. The molecule has 0 radical (unpaired) electrons. The minimum Gasteiger partial charge on any atom is -0.396 e. The second-order valence-corrected chi connectivity index (χ2v) is 4.29. The summed E-state index contributed by atoms with van der Waals surface area (Å²) in [6.07, 6.45) is 4.70. The molecule has 76 valence electrons. The first kappa shape index (κ1) is 9.31. The number of nitrogens with zero attached hydrogens (tertiary/aromatic N) is 1. The number of anilines is 2. The van der Waals surface area contributed by atoms with Crippen molar-refractivity contribution in [2.45, 2.75) is 26.3 Å². The lowest BCUT2D eigenvalue weighted by molar-refractivity contribution is 0.189. The third-order valence-electron chi connectivity index (χ3n) is 3.35. The van der Waals surface area contributed by atoms with Gasteiger partial charge in [-0.3, -0.25) is 4.98 Å². The quantitative estimate of drug-likeness (QED) is 0.752. The molecule has 0 spiro atoms. The fourth-order valence-corrected chi connectivity index (χ4v) is 1.96. The van der Waals surface area contributed by atoms with Gasteiger partial charge in [0.25, 0.3) is 0 Å². The summed E-state index contributed by atoms with van der Waals surface area (Å²) in [6, 6.07) is 2.51. The van der Waals surface area contributed by atoms with Crippen LogP contribution in [0.2, 0.25) is 0 Å². The van der Waals surface area contributed by atoms with Crippen LogP contribution in [0, 0.1) is 11.8 Å². The van der Waals surface area contributed by atoms with E-state index in [0.29, 0.717) is 6.04 Å². The Balaban J connectivity index is 2.02. The molecule has 14 heavy (non-hydrogen) atoms. The highest BCUT2D eigenvalue weighted by atomic mass is 15.0. The van der Waals surface area contributed by atoms with Gasteiger partial charge in [-0.2, -0.15) is 0 Å². The van der Waals surface area contributed by atoms with Crippen LogP contribution in [0.3, 0.4) is 0 Å². The number of nitrogens with two attached hydrogens (primary N) is 1. The van der Waals surface area contributed by atoms with Crippen LogP contribution in [0.25, 0.3) is 0 Å². The molecule has 3 heteroatoms. The van der Waals surface area contributed by atoms with Crippen molar-refractivity contribution in [2.24, 2.45) is 11.8 Å². The second kappa shape index (κ2) is 3.48. The number of nitrogen functional groups attached to an aromatic ring is 1. The molecule has 0 aliphatic heterocycles. The fraction of sp³-hybridized carbons (Fsp3) is 0.545. The van der Waals surface area contributed by atoms with Crippen LogP contribution in [-0.2, 0) is 0 Å². The molecule has 3 atom stereocenters. The predicted molar refractivity (Wildman–Crippen MR) is 59.0 cm³/mol. The van der Waals surface area contributed by atoms with Crippen molar-refractivity contribution in [3.63, 3.8) is 0 Å². The molecule has 1 aromatic rings. The monoisotopic (exact) mass is 191 g/mol. The number of pyridine rings is 1. The van der Waals surface area contributed by atoms with E-state index in [4.69, 9.17) is 5.73 Å². The van der Waals surface area contributed by atoms with Gasteiger partial charge in [0, 0.05) is 12.2 Å². The Morgan fingerprint density at radius 1 is 1.50 bits per heavy atom. The zero-order chi connectivity index (χ0) is 10.1. The van der Waals surface area contributed by atoms with E-state index in [1.165, 1.54) is 6.42 Å². The average molecular weight is 191 g/mol. The molecule has 3 nitrogen and oxygen atoms in total. The van der Waals surface area contributed by atoms with Crippen LogP contribution < -0.4 is 11.1 Å².